The van der Waals surface area contributed by atoms with Gasteiger partial charge in [-0.15, -0.1) is 0 Å². The van der Waals surface area contributed by atoms with Crippen molar-refractivity contribution in [2.24, 2.45) is 0 Å². The summed E-state index contributed by atoms with van der Waals surface area (Å²) in [6.45, 7) is 1.63. The van der Waals surface area contributed by atoms with Gasteiger partial charge in [0.25, 0.3) is 0 Å². The number of hydrogen-bond donors (Lipinski definition) is 1. The number of hydrogen-bond acceptors (Lipinski definition) is 1. The Morgan fingerprint density at radius 1 is 0.947 bits per heavy atom. The van der Waals surface area contributed by atoms with Gasteiger partial charge >= 0.3 is 0 Å². The molecule has 0 spiro atoms. The number of halogens is 3. The average Bonchev–Trinajstić information content (AvgIpc) is 2.37. The van der Waals surface area contributed by atoms with Crippen molar-refractivity contribution >= 4 is 0 Å². The predicted octanol–water partition coefficient (Wildman–Crippen LogP) is 3.69. The molecule has 100 valence electrons. The Bertz CT molecular complexity index is 596. The van der Waals surface area contributed by atoms with E-state index in [4.69, 9.17) is 0 Å². The molecule has 0 radical (unpaired) electrons. The molecule has 0 aliphatic carbocycles. The molecule has 0 fully saturated rings. The standard InChI is InChI=1S/C15H13F3O/c1-9-2-4-11(8-13(9)17)15(19)7-10-3-5-12(16)14(18)6-10/h2-6,8,15,19H,7H2,1H3. The summed E-state index contributed by atoms with van der Waals surface area (Å²) in [4.78, 5) is 0. The molecule has 0 saturated carbocycles. The lowest BCUT2D eigenvalue weighted by Gasteiger charge is -2.12. The highest BCUT2D eigenvalue weighted by molar-refractivity contribution is 5.27. The van der Waals surface area contributed by atoms with Crippen molar-refractivity contribution in [3.8, 4) is 0 Å². The van der Waals surface area contributed by atoms with Gasteiger partial charge in [0.05, 0.1) is 6.10 Å². The van der Waals surface area contributed by atoms with Gasteiger partial charge < -0.3 is 5.11 Å². The zero-order valence-electron chi connectivity index (χ0n) is 10.3. The minimum absolute atomic E-state index is 0.0969. The van der Waals surface area contributed by atoms with Crippen LogP contribution in [0.5, 0.6) is 0 Å². The van der Waals surface area contributed by atoms with Crippen molar-refractivity contribution in [2.45, 2.75) is 19.4 Å². The van der Waals surface area contributed by atoms with Gasteiger partial charge in [-0.05, 0) is 41.8 Å². The van der Waals surface area contributed by atoms with E-state index in [0.717, 1.165) is 12.1 Å². The topological polar surface area (TPSA) is 20.2 Å². The fourth-order valence-electron chi connectivity index (χ4n) is 1.82. The monoisotopic (exact) mass is 266 g/mol. The zero-order valence-corrected chi connectivity index (χ0v) is 10.3. The summed E-state index contributed by atoms with van der Waals surface area (Å²) in [6, 6.07) is 7.87. The van der Waals surface area contributed by atoms with Crippen LogP contribution in [0.1, 0.15) is 22.8 Å². The first kappa shape index (κ1) is 13.6. The first-order valence-electron chi connectivity index (χ1n) is 5.85. The Balaban J connectivity index is 2.17. The van der Waals surface area contributed by atoms with Crippen molar-refractivity contribution in [1.29, 1.82) is 0 Å². The van der Waals surface area contributed by atoms with E-state index in [0.29, 0.717) is 16.7 Å². The normalized spacial score (nSPS) is 12.5. The molecular formula is C15H13F3O. The van der Waals surface area contributed by atoms with E-state index in [1.165, 1.54) is 12.1 Å². The van der Waals surface area contributed by atoms with Crippen molar-refractivity contribution in [1.82, 2.24) is 0 Å². The lowest BCUT2D eigenvalue weighted by Crippen LogP contribution is -2.03. The Morgan fingerprint density at radius 2 is 1.68 bits per heavy atom. The second-order valence-corrected chi connectivity index (χ2v) is 4.48. The van der Waals surface area contributed by atoms with Crippen LogP contribution in [-0.4, -0.2) is 5.11 Å². The highest BCUT2D eigenvalue weighted by Crippen LogP contribution is 2.21. The van der Waals surface area contributed by atoms with E-state index in [1.54, 1.807) is 19.1 Å². The van der Waals surface area contributed by atoms with Gasteiger partial charge in [-0.25, -0.2) is 13.2 Å². The molecule has 19 heavy (non-hydrogen) atoms. The molecule has 1 unspecified atom stereocenters. The first-order chi connectivity index (χ1) is 8.97. The van der Waals surface area contributed by atoms with E-state index in [1.807, 2.05) is 0 Å². The van der Waals surface area contributed by atoms with E-state index < -0.39 is 23.6 Å². The van der Waals surface area contributed by atoms with Crippen molar-refractivity contribution in [2.75, 3.05) is 0 Å². The summed E-state index contributed by atoms with van der Waals surface area (Å²) in [5.74, 6) is -2.29. The molecule has 0 aromatic heterocycles. The maximum Gasteiger partial charge on any atom is 0.159 e. The minimum atomic E-state index is -0.959. The lowest BCUT2D eigenvalue weighted by molar-refractivity contribution is 0.178. The molecule has 0 aliphatic heterocycles. The summed E-state index contributed by atoms with van der Waals surface area (Å²) in [5, 5.41) is 9.97. The molecule has 1 nitrogen and oxygen atoms in total. The quantitative estimate of drug-likeness (QED) is 0.898. The number of aliphatic hydroxyl groups is 1. The molecule has 0 aliphatic rings. The molecule has 0 saturated heterocycles. The smallest absolute Gasteiger partial charge is 0.159 e. The van der Waals surface area contributed by atoms with E-state index in [9.17, 15) is 18.3 Å². The second-order valence-electron chi connectivity index (χ2n) is 4.48. The van der Waals surface area contributed by atoms with E-state index >= 15 is 0 Å². The highest BCUT2D eigenvalue weighted by atomic mass is 19.2. The Morgan fingerprint density at radius 3 is 2.32 bits per heavy atom. The number of benzene rings is 2. The van der Waals surface area contributed by atoms with Crippen molar-refractivity contribution in [3.63, 3.8) is 0 Å². The maximum absolute atomic E-state index is 13.4. The molecule has 2 aromatic rings. The maximum atomic E-state index is 13.4. The molecule has 2 rings (SSSR count). The zero-order chi connectivity index (χ0) is 14.0. The van der Waals surface area contributed by atoms with Crippen molar-refractivity contribution in [3.05, 3.63) is 70.5 Å². The van der Waals surface area contributed by atoms with Gasteiger partial charge in [0.1, 0.15) is 5.82 Å². The van der Waals surface area contributed by atoms with Gasteiger partial charge in [-0.2, -0.15) is 0 Å². The van der Waals surface area contributed by atoms with Crippen LogP contribution in [0.15, 0.2) is 36.4 Å². The van der Waals surface area contributed by atoms with Crippen LogP contribution in [0.4, 0.5) is 13.2 Å². The summed E-state index contributed by atoms with van der Waals surface area (Å²) in [5.41, 5.74) is 1.35. The largest absolute Gasteiger partial charge is 0.388 e. The Kier molecular flexibility index (Phi) is 3.90. The second kappa shape index (κ2) is 5.45. The van der Waals surface area contributed by atoms with Gasteiger partial charge in [-0.3, -0.25) is 0 Å². The van der Waals surface area contributed by atoms with E-state index in [2.05, 4.69) is 0 Å². The molecule has 4 heteroatoms. The summed E-state index contributed by atoms with van der Waals surface area (Å²) >= 11 is 0. The number of aryl methyl sites for hydroxylation is 1. The molecule has 0 amide bonds. The third-order valence-electron chi connectivity index (χ3n) is 2.99. The fourth-order valence-corrected chi connectivity index (χ4v) is 1.82. The van der Waals surface area contributed by atoms with Crippen LogP contribution < -0.4 is 0 Å². The third kappa shape index (κ3) is 3.15. The SMILES string of the molecule is Cc1ccc(C(O)Cc2ccc(F)c(F)c2)cc1F. The molecule has 2 aromatic carbocycles. The molecular weight excluding hydrogens is 253 g/mol. The van der Waals surface area contributed by atoms with Gasteiger partial charge in [-0.1, -0.05) is 18.2 Å². The predicted molar refractivity (Wildman–Crippen MR) is 66.2 cm³/mol. The summed E-state index contributed by atoms with van der Waals surface area (Å²) < 4.78 is 39.2. The Labute approximate surface area is 109 Å². The minimum Gasteiger partial charge on any atom is -0.388 e. The number of aliphatic hydroxyl groups excluding tert-OH is 1. The van der Waals surface area contributed by atoms with Crippen molar-refractivity contribution < 1.29 is 18.3 Å². The number of rotatable bonds is 3. The molecule has 1 atom stereocenters. The van der Waals surface area contributed by atoms with Gasteiger partial charge in [0.2, 0.25) is 0 Å². The van der Waals surface area contributed by atoms with E-state index in [-0.39, 0.29) is 6.42 Å². The fraction of sp³-hybridized carbons (Fsp3) is 0.200. The third-order valence-corrected chi connectivity index (χ3v) is 2.99. The van der Waals surface area contributed by atoms with Crippen LogP contribution in [0, 0.1) is 24.4 Å². The molecule has 0 heterocycles. The molecule has 0 bridgehead atoms. The average molecular weight is 266 g/mol. The van der Waals surface area contributed by atoms with Gasteiger partial charge in [0, 0.05) is 6.42 Å². The van der Waals surface area contributed by atoms with Crippen LogP contribution in [0.3, 0.4) is 0 Å². The van der Waals surface area contributed by atoms with Crippen LogP contribution in [0.25, 0.3) is 0 Å². The lowest BCUT2D eigenvalue weighted by atomic mass is 10.00. The van der Waals surface area contributed by atoms with Crippen LogP contribution >= 0.6 is 0 Å². The van der Waals surface area contributed by atoms with Crippen LogP contribution in [-0.2, 0) is 6.42 Å². The van der Waals surface area contributed by atoms with Gasteiger partial charge in [0.15, 0.2) is 11.6 Å². The summed E-state index contributed by atoms with van der Waals surface area (Å²) in [6.07, 6.45) is -0.861. The summed E-state index contributed by atoms with van der Waals surface area (Å²) in [7, 11) is 0. The Hall–Kier alpha value is -1.81. The van der Waals surface area contributed by atoms with Crippen LogP contribution in [0.2, 0.25) is 0 Å². The molecule has 1 N–H and O–H groups in total. The highest BCUT2D eigenvalue weighted by Gasteiger charge is 2.12. The first-order valence-corrected chi connectivity index (χ1v) is 5.85.